The fourth-order valence-corrected chi connectivity index (χ4v) is 2.20. The predicted molar refractivity (Wildman–Crippen MR) is 94.4 cm³/mol. The Balaban J connectivity index is 1.91. The molecule has 0 aliphatic rings. The summed E-state index contributed by atoms with van der Waals surface area (Å²) in [6.45, 7) is 6.80. The Morgan fingerprint density at radius 1 is 1.25 bits per heavy atom. The Labute approximate surface area is 150 Å². The molecule has 132 valence electrons. The predicted octanol–water partition coefficient (Wildman–Crippen LogP) is 3.06. The normalized spacial score (nSPS) is 12.4. The highest BCUT2D eigenvalue weighted by atomic mass is 79.9. The van der Waals surface area contributed by atoms with E-state index in [1.807, 2.05) is 39.0 Å². The van der Waals surface area contributed by atoms with Crippen molar-refractivity contribution in [1.29, 1.82) is 0 Å². The second-order valence-electron chi connectivity index (χ2n) is 5.77. The highest BCUT2D eigenvalue weighted by Crippen LogP contribution is 2.29. The number of rotatable bonds is 9. The van der Waals surface area contributed by atoms with Gasteiger partial charge >= 0.3 is 0 Å². The topological polar surface area (TPSA) is 76.8 Å². The van der Waals surface area contributed by atoms with Crippen LogP contribution in [0, 0.1) is 6.92 Å². The minimum absolute atomic E-state index is 0.186. The molecule has 0 bridgehead atoms. The number of aliphatic hydroxyl groups is 1. The summed E-state index contributed by atoms with van der Waals surface area (Å²) < 4.78 is 17.4. The summed E-state index contributed by atoms with van der Waals surface area (Å²) in [4.78, 5) is 0. The zero-order valence-corrected chi connectivity index (χ0v) is 15.7. The fraction of sp³-hybridized carbons (Fsp3) is 0.471. The Kier molecular flexibility index (Phi) is 7.08. The number of aliphatic hydroxyl groups excluding tert-OH is 1. The van der Waals surface area contributed by atoms with Crippen LogP contribution in [0.4, 0.5) is 0 Å². The Morgan fingerprint density at radius 2 is 1.92 bits per heavy atom. The van der Waals surface area contributed by atoms with Gasteiger partial charge in [0.2, 0.25) is 0 Å². The van der Waals surface area contributed by atoms with E-state index in [1.165, 1.54) is 0 Å². The summed E-state index contributed by atoms with van der Waals surface area (Å²) in [6, 6.07) is 7.65. The third-order valence-electron chi connectivity index (χ3n) is 3.26. The van der Waals surface area contributed by atoms with E-state index < -0.39 is 6.10 Å². The van der Waals surface area contributed by atoms with E-state index in [0.29, 0.717) is 29.8 Å². The molecule has 0 saturated carbocycles. The molecule has 7 heteroatoms. The van der Waals surface area contributed by atoms with E-state index in [1.54, 1.807) is 6.07 Å². The van der Waals surface area contributed by atoms with Crippen molar-refractivity contribution < 1.29 is 19.1 Å². The van der Waals surface area contributed by atoms with Gasteiger partial charge in [-0.2, -0.15) is 0 Å². The number of nitrogens with one attached hydrogen (secondary N) is 1. The summed E-state index contributed by atoms with van der Waals surface area (Å²) in [5, 5.41) is 17.0. The van der Waals surface area contributed by atoms with Crippen molar-refractivity contribution in [2.24, 2.45) is 0 Å². The van der Waals surface area contributed by atoms with Crippen molar-refractivity contribution in [2.45, 2.75) is 39.5 Å². The third-order valence-corrected chi connectivity index (χ3v) is 4.27. The molecule has 1 unspecified atom stereocenters. The van der Waals surface area contributed by atoms with Crippen LogP contribution >= 0.6 is 15.9 Å². The SMILES string of the molecule is Cc1noc(COc2ccccc2OCC(O)CNC(C)C)c1Br. The first-order valence-corrected chi connectivity index (χ1v) is 8.63. The Bertz CT molecular complexity index is 645. The maximum absolute atomic E-state index is 9.94. The maximum atomic E-state index is 9.94. The highest BCUT2D eigenvalue weighted by molar-refractivity contribution is 9.10. The lowest BCUT2D eigenvalue weighted by Crippen LogP contribution is -2.35. The molecule has 2 aromatic rings. The van der Waals surface area contributed by atoms with Crippen LogP contribution in [0.3, 0.4) is 0 Å². The lowest BCUT2D eigenvalue weighted by atomic mass is 10.3. The molecule has 0 spiro atoms. The average Bonchev–Trinajstić information content (AvgIpc) is 2.88. The summed E-state index contributed by atoms with van der Waals surface area (Å²) in [6.07, 6.45) is -0.591. The molecule has 1 aromatic carbocycles. The molecule has 0 radical (unpaired) electrons. The van der Waals surface area contributed by atoms with Crippen molar-refractivity contribution in [1.82, 2.24) is 10.5 Å². The first kappa shape index (κ1) is 18.8. The van der Waals surface area contributed by atoms with Gasteiger partial charge in [0.15, 0.2) is 23.9 Å². The van der Waals surface area contributed by atoms with E-state index >= 15 is 0 Å². The van der Waals surface area contributed by atoms with Crippen molar-refractivity contribution in [3.63, 3.8) is 0 Å². The largest absolute Gasteiger partial charge is 0.487 e. The lowest BCUT2D eigenvalue weighted by Gasteiger charge is -2.16. The van der Waals surface area contributed by atoms with Crippen LogP contribution in [0.5, 0.6) is 11.5 Å². The number of hydrogen-bond donors (Lipinski definition) is 2. The molecule has 0 saturated heterocycles. The van der Waals surface area contributed by atoms with E-state index in [4.69, 9.17) is 14.0 Å². The molecule has 24 heavy (non-hydrogen) atoms. The third kappa shape index (κ3) is 5.51. The quantitative estimate of drug-likeness (QED) is 0.675. The summed E-state index contributed by atoms with van der Waals surface area (Å²) in [5.41, 5.74) is 0.777. The fourth-order valence-electron chi connectivity index (χ4n) is 1.94. The molecule has 0 aliphatic heterocycles. The molecular formula is C17H23BrN2O4. The number of aryl methyl sites for hydroxylation is 1. The van der Waals surface area contributed by atoms with Crippen LogP contribution in [0.1, 0.15) is 25.3 Å². The molecule has 0 aliphatic carbocycles. The van der Waals surface area contributed by atoms with Crippen LogP contribution in [-0.4, -0.2) is 35.6 Å². The molecular weight excluding hydrogens is 376 g/mol. The van der Waals surface area contributed by atoms with Gasteiger partial charge in [-0.1, -0.05) is 31.1 Å². The number of hydrogen-bond acceptors (Lipinski definition) is 6. The van der Waals surface area contributed by atoms with Crippen LogP contribution in [-0.2, 0) is 6.61 Å². The van der Waals surface area contributed by atoms with Crippen molar-refractivity contribution in [2.75, 3.05) is 13.2 Å². The number of nitrogens with zero attached hydrogens (tertiary/aromatic N) is 1. The first-order valence-electron chi connectivity index (χ1n) is 7.84. The molecule has 6 nitrogen and oxygen atoms in total. The molecule has 0 amide bonds. The monoisotopic (exact) mass is 398 g/mol. The molecule has 1 aromatic heterocycles. The Hall–Kier alpha value is -1.57. The minimum atomic E-state index is -0.591. The highest BCUT2D eigenvalue weighted by Gasteiger charge is 2.13. The Morgan fingerprint density at radius 3 is 2.50 bits per heavy atom. The van der Waals surface area contributed by atoms with Gasteiger partial charge in [-0.05, 0) is 35.0 Å². The van der Waals surface area contributed by atoms with Gasteiger partial charge in [0.05, 0.1) is 10.2 Å². The van der Waals surface area contributed by atoms with Gasteiger partial charge in [0.1, 0.15) is 12.7 Å². The number of halogens is 1. The number of ether oxygens (including phenoxy) is 2. The van der Waals surface area contributed by atoms with E-state index in [2.05, 4.69) is 26.4 Å². The van der Waals surface area contributed by atoms with Crippen molar-refractivity contribution >= 4 is 15.9 Å². The van der Waals surface area contributed by atoms with Crippen molar-refractivity contribution in [3.8, 4) is 11.5 Å². The molecule has 2 N–H and O–H groups in total. The smallest absolute Gasteiger partial charge is 0.188 e. The van der Waals surface area contributed by atoms with Gasteiger partial charge in [-0.15, -0.1) is 0 Å². The zero-order chi connectivity index (χ0) is 17.5. The zero-order valence-electron chi connectivity index (χ0n) is 14.1. The van der Waals surface area contributed by atoms with Gasteiger partial charge in [0.25, 0.3) is 0 Å². The summed E-state index contributed by atoms with van der Waals surface area (Å²) in [7, 11) is 0. The lowest BCUT2D eigenvalue weighted by molar-refractivity contribution is 0.102. The second-order valence-corrected chi connectivity index (χ2v) is 6.56. The van der Waals surface area contributed by atoms with Gasteiger partial charge < -0.3 is 24.4 Å². The van der Waals surface area contributed by atoms with Crippen molar-refractivity contribution in [3.05, 3.63) is 40.2 Å². The van der Waals surface area contributed by atoms with Gasteiger partial charge in [-0.3, -0.25) is 0 Å². The second kappa shape index (κ2) is 9.05. The summed E-state index contributed by atoms with van der Waals surface area (Å²) >= 11 is 3.41. The maximum Gasteiger partial charge on any atom is 0.188 e. The standard InChI is InChI=1S/C17H23BrN2O4/c1-11(2)19-8-13(21)9-22-14-6-4-5-7-15(14)23-10-16-17(18)12(3)20-24-16/h4-7,11,13,19,21H,8-10H2,1-3H3. The molecule has 1 atom stereocenters. The van der Waals surface area contributed by atoms with Crippen LogP contribution < -0.4 is 14.8 Å². The number of benzene rings is 1. The van der Waals surface area contributed by atoms with E-state index in [-0.39, 0.29) is 13.2 Å². The first-order chi connectivity index (χ1) is 11.5. The van der Waals surface area contributed by atoms with Crippen LogP contribution in [0.15, 0.2) is 33.3 Å². The number of para-hydroxylation sites is 2. The molecule has 2 rings (SSSR count). The van der Waals surface area contributed by atoms with Gasteiger partial charge in [-0.25, -0.2) is 0 Å². The molecule has 1 heterocycles. The van der Waals surface area contributed by atoms with Crippen LogP contribution in [0.2, 0.25) is 0 Å². The van der Waals surface area contributed by atoms with E-state index in [0.717, 1.165) is 10.2 Å². The average molecular weight is 399 g/mol. The molecule has 0 fully saturated rings. The summed E-state index contributed by atoms with van der Waals surface area (Å²) in [5.74, 6) is 1.78. The number of aromatic nitrogens is 1. The van der Waals surface area contributed by atoms with E-state index in [9.17, 15) is 5.11 Å². The minimum Gasteiger partial charge on any atom is -0.487 e. The van der Waals surface area contributed by atoms with Crippen LogP contribution in [0.25, 0.3) is 0 Å². The van der Waals surface area contributed by atoms with Gasteiger partial charge in [0, 0.05) is 12.6 Å².